The molecule has 4 heterocycles. The Balaban J connectivity index is 1.24. The van der Waals surface area contributed by atoms with Crippen molar-refractivity contribution in [2.75, 3.05) is 0 Å². The van der Waals surface area contributed by atoms with E-state index in [1.54, 1.807) is 0 Å². The Hall–Kier alpha value is -5.81. The largest absolute Gasteiger partial charge is 0.309 e. The molecule has 0 N–H and O–H groups in total. The lowest BCUT2D eigenvalue weighted by molar-refractivity contribution is 0.669. The smallest absolute Gasteiger partial charge is 0.0751 e. The first kappa shape index (κ1) is 29.9. The lowest BCUT2D eigenvalue weighted by atomic mass is 9.62. The molecule has 0 saturated heterocycles. The van der Waals surface area contributed by atoms with Crippen LogP contribution < -0.4 is 0 Å². The number of para-hydroxylation sites is 2. The van der Waals surface area contributed by atoms with Crippen molar-refractivity contribution in [2.24, 2.45) is 0 Å². The number of hydrogen-bond acceptors (Lipinski definition) is 3. The third-order valence-corrected chi connectivity index (χ3v) is 13.0. The maximum absolute atomic E-state index is 4.73. The second-order valence-electron chi connectivity index (χ2n) is 13.5. The number of pyridine rings is 1. The molecule has 0 fully saturated rings. The Morgan fingerprint density at radius 2 is 1.10 bits per heavy atom. The summed E-state index contributed by atoms with van der Waals surface area (Å²) in [6.07, 6.45) is 1.88. The molecular weight excluding hydrogens is 669 g/mol. The Labute approximate surface area is 310 Å². The summed E-state index contributed by atoms with van der Waals surface area (Å²) in [5.74, 6) is 0. The molecule has 0 radical (unpaired) electrons. The van der Waals surface area contributed by atoms with Gasteiger partial charge in [0.2, 0.25) is 0 Å². The molecule has 2 aliphatic rings. The molecule has 0 atom stereocenters. The first-order valence-corrected chi connectivity index (χ1v) is 19.3. The summed E-state index contributed by atoms with van der Waals surface area (Å²) >= 11 is 3.77. The van der Waals surface area contributed by atoms with Crippen LogP contribution in [-0.4, -0.2) is 9.55 Å². The predicted octanol–water partition coefficient (Wildman–Crippen LogP) is 12.8. The highest BCUT2D eigenvalue weighted by atomic mass is 32.2. The Morgan fingerprint density at radius 3 is 1.90 bits per heavy atom. The average molecular weight is 699 g/mol. The highest BCUT2D eigenvalue weighted by Crippen LogP contribution is 2.63. The molecule has 1 spiro atoms. The highest BCUT2D eigenvalue weighted by molar-refractivity contribution is 8.00. The van der Waals surface area contributed by atoms with Gasteiger partial charge in [-0.25, -0.2) is 0 Å². The number of aromatic nitrogens is 2. The second-order valence-corrected chi connectivity index (χ2v) is 15.6. The van der Waals surface area contributed by atoms with Crippen LogP contribution in [0.1, 0.15) is 22.3 Å². The molecular formula is C48H30N2S2. The Bertz CT molecular complexity index is 2810. The van der Waals surface area contributed by atoms with Gasteiger partial charge in [-0.1, -0.05) is 139 Å². The van der Waals surface area contributed by atoms with Crippen LogP contribution in [0.3, 0.4) is 0 Å². The molecule has 0 amide bonds. The van der Waals surface area contributed by atoms with E-state index in [4.69, 9.17) is 4.98 Å². The lowest BCUT2D eigenvalue weighted by Crippen LogP contribution is -2.37. The fraction of sp³-hybridized carbons (Fsp3) is 0.0208. The third-order valence-electron chi connectivity index (χ3n) is 10.8. The minimum absolute atomic E-state index is 0.533. The van der Waals surface area contributed by atoms with Gasteiger partial charge in [-0.3, -0.25) is 4.98 Å². The summed E-state index contributed by atoms with van der Waals surface area (Å²) in [4.78, 5) is 9.87. The molecule has 4 heteroatoms. The van der Waals surface area contributed by atoms with E-state index < -0.39 is 5.41 Å². The zero-order chi connectivity index (χ0) is 34.2. The molecule has 2 nitrogen and oxygen atoms in total. The molecule has 0 bridgehead atoms. The van der Waals surface area contributed by atoms with E-state index in [1.807, 2.05) is 35.8 Å². The maximum atomic E-state index is 4.73. The van der Waals surface area contributed by atoms with E-state index in [2.05, 4.69) is 174 Å². The SMILES string of the molecule is c1ccc(-n2c3ccccc3c3ccc(-c4cccc5c4C4(c6ccccc6Sc6ccccc64)c4ccc(-c6ccccn6)cc4S5)cc32)cc1. The molecule has 0 unspecified atom stereocenters. The number of benzene rings is 7. The maximum Gasteiger partial charge on any atom is 0.0751 e. The van der Waals surface area contributed by atoms with Gasteiger partial charge in [0.05, 0.1) is 22.1 Å². The summed E-state index contributed by atoms with van der Waals surface area (Å²) in [5.41, 5.74) is 13.0. The van der Waals surface area contributed by atoms with Crippen LogP contribution in [0.2, 0.25) is 0 Å². The minimum Gasteiger partial charge on any atom is -0.309 e. The van der Waals surface area contributed by atoms with Crippen molar-refractivity contribution in [3.8, 4) is 28.1 Å². The third kappa shape index (κ3) is 4.25. The van der Waals surface area contributed by atoms with Crippen molar-refractivity contribution < 1.29 is 0 Å². The first-order valence-electron chi connectivity index (χ1n) is 17.6. The van der Waals surface area contributed by atoms with Crippen LogP contribution in [0.25, 0.3) is 49.9 Å². The van der Waals surface area contributed by atoms with Crippen LogP contribution in [0.15, 0.2) is 202 Å². The molecule has 2 aliphatic heterocycles. The van der Waals surface area contributed by atoms with Gasteiger partial charge in [-0.05, 0) is 94.0 Å². The molecule has 2 aromatic heterocycles. The van der Waals surface area contributed by atoms with Crippen molar-refractivity contribution in [3.05, 3.63) is 204 Å². The van der Waals surface area contributed by atoms with Crippen LogP contribution >= 0.6 is 23.5 Å². The minimum atomic E-state index is -0.533. The van der Waals surface area contributed by atoms with E-state index in [9.17, 15) is 0 Å². The van der Waals surface area contributed by atoms with Crippen molar-refractivity contribution in [1.82, 2.24) is 9.55 Å². The molecule has 11 rings (SSSR count). The Morgan fingerprint density at radius 1 is 0.442 bits per heavy atom. The Kier molecular flexibility index (Phi) is 6.67. The van der Waals surface area contributed by atoms with Crippen molar-refractivity contribution in [3.63, 3.8) is 0 Å². The van der Waals surface area contributed by atoms with Gasteiger partial charge in [0.1, 0.15) is 0 Å². The van der Waals surface area contributed by atoms with E-state index in [1.165, 1.54) is 74.8 Å². The van der Waals surface area contributed by atoms with Gasteiger partial charge in [0.15, 0.2) is 0 Å². The van der Waals surface area contributed by atoms with E-state index in [0.29, 0.717) is 0 Å². The molecule has 9 aromatic rings. The number of nitrogens with zero attached hydrogens (tertiary/aromatic N) is 2. The summed E-state index contributed by atoms with van der Waals surface area (Å²) in [6.45, 7) is 0. The second kappa shape index (κ2) is 11.6. The molecule has 0 saturated carbocycles. The van der Waals surface area contributed by atoms with Crippen molar-refractivity contribution >= 4 is 45.3 Å². The highest BCUT2D eigenvalue weighted by Gasteiger charge is 2.50. The fourth-order valence-corrected chi connectivity index (χ4v) is 11.1. The quantitative estimate of drug-likeness (QED) is 0.183. The van der Waals surface area contributed by atoms with Crippen molar-refractivity contribution in [1.29, 1.82) is 0 Å². The van der Waals surface area contributed by atoms with Gasteiger partial charge >= 0.3 is 0 Å². The average Bonchev–Trinajstić information content (AvgIpc) is 3.54. The fourth-order valence-electron chi connectivity index (χ4n) is 8.65. The number of hydrogen-bond donors (Lipinski definition) is 0. The van der Waals surface area contributed by atoms with Crippen LogP contribution in [0, 0.1) is 0 Å². The van der Waals surface area contributed by atoms with E-state index >= 15 is 0 Å². The lowest BCUT2D eigenvalue weighted by Gasteiger charge is -2.46. The molecule has 244 valence electrons. The van der Waals surface area contributed by atoms with Gasteiger partial charge in [-0.15, -0.1) is 0 Å². The summed E-state index contributed by atoms with van der Waals surface area (Å²) in [6, 6.07) is 64.8. The van der Waals surface area contributed by atoms with Gasteiger partial charge in [0, 0.05) is 47.8 Å². The monoisotopic (exact) mass is 698 g/mol. The van der Waals surface area contributed by atoms with Crippen LogP contribution in [0.4, 0.5) is 0 Å². The number of rotatable bonds is 3. The summed E-state index contributed by atoms with van der Waals surface area (Å²) in [7, 11) is 0. The normalized spacial score (nSPS) is 13.8. The van der Waals surface area contributed by atoms with Gasteiger partial charge in [0.25, 0.3) is 0 Å². The molecule has 0 aliphatic carbocycles. The zero-order valence-corrected chi connectivity index (χ0v) is 29.7. The van der Waals surface area contributed by atoms with E-state index in [0.717, 1.165) is 16.9 Å². The summed E-state index contributed by atoms with van der Waals surface area (Å²) in [5, 5.41) is 2.52. The molecule has 52 heavy (non-hydrogen) atoms. The topological polar surface area (TPSA) is 17.8 Å². The summed E-state index contributed by atoms with van der Waals surface area (Å²) < 4.78 is 2.42. The van der Waals surface area contributed by atoms with Gasteiger partial charge < -0.3 is 4.57 Å². The van der Waals surface area contributed by atoms with E-state index in [-0.39, 0.29) is 0 Å². The first-order chi connectivity index (χ1) is 25.8. The predicted molar refractivity (Wildman–Crippen MR) is 216 cm³/mol. The standard InChI is InChI=1S/C48H30N2S2/c1-2-13-33(14-3-1)50-41-20-7-4-15-35(41)36-26-24-31(29-42(36)50)34-16-12-23-45-47(34)48(37-17-5-8-21-43(37)51-44-22-9-6-18-38(44)48)39-27-25-32(30-46(39)52-45)40-19-10-11-28-49-40/h1-30H. The van der Waals surface area contributed by atoms with Crippen LogP contribution in [-0.2, 0) is 5.41 Å². The zero-order valence-electron chi connectivity index (χ0n) is 28.0. The molecule has 7 aromatic carbocycles. The number of fused-ring (bicyclic) bond motifs is 11. The van der Waals surface area contributed by atoms with Crippen molar-refractivity contribution in [2.45, 2.75) is 25.0 Å². The van der Waals surface area contributed by atoms with Gasteiger partial charge in [-0.2, -0.15) is 0 Å². The van der Waals surface area contributed by atoms with Crippen LogP contribution in [0.5, 0.6) is 0 Å².